The summed E-state index contributed by atoms with van der Waals surface area (Å²) in [7, 11) is 1.64. The van der Waals surface area contributed by atoms with Crippen LogP contribution in [0.3, 0.4) is 0 Å². The monoisotopic (exact) mass is 229 g/mol. The van der Waals surface area contributed by atoms with Crippen molar-refractivity contribution < 1.29 is 0 Å². The molecule has 2 aromatic rings. The molecule has 0 spiro atoms. The number of nitrogens with two attached hydrogens (primary N) is 1. The molecule has 17 heavy (non-hydrogen) atoms. The van der Waals surface area contributed by atoms with E-state index in [0.29, 0.717) is 6.54 Å². The lowest BCUT2D eigenvalue weighted by Gasteiger charge is -2.08. The molecular formula is C13H15N3O. The van der Waals surface area contributed by atoms with Crippen molar-refractivity contribution in [2.75, 3.05) is 0 Å². The maximum Gasteiger partial charge on any atom is 0.266 e. The molecule has 1 heterocycles. The number of hydrogen-bond acceptors (Lipinski definition) is 3. The van der Waals surface area contributed by atoms with Crippen LogP contribution in [0.5, 0.6) is 0 Å². The van der Waals surface area contributed by atoms with Crippen LogP contribution in [0.25, 0.3) is 11.3 Å². The minimum Gasteiger partial charge on any atom is -0.326 e. The first-order valence-corrected chi connectivity index (χ1v) is 5.46. The Bertz CT molecular complexity index is 602. The third-order valence-corrected chi connectivity index (χ3v) is 2.68. The van der Waals surface area contributed by atoms with Gasteiger partial charge < -0.3 is 5.73 Å². The van der Waals surface area contributed by atoms with E-state index in [-0.39, 0.29) is 5.56 Å². The van der Waals surface area contributed by atoms with Gasteiger partial charge in [0.15, 0.2) is 0 Å². The molecule has 1 aromatic heterocycles. The second kappa shape index (κ2) is 4.51. The first-order valence-electron chi connectivity index (χ1n) is 5.46. The second-order valence-corrected chi connectivity index (χ2v) is 4.05. The van der Waals surface area contributed by atoms with Gasteiger partial charge in [-0.2, -0.15) is 5.10 Å². The van der Waals surface area contributed by atoms with E-state index in [1.807, 2.05) is 31.2 Å². The van der Waals surface area contributed by atoms with Gasteiger partial charge in [0.25, 0.3) is 5.56 Å². The van der Waals surface area contributed by atoms with Gasteiger partial charge in [0, 0.05) is 25.2 Å². The fraction of sp³-hybridized carbons (Fsp3) is 0.231. The minimum atomic E-state index is -0.137. The highest BCUT2D eigenvalue weighted by atomic mass is 16.1. The predicted octanol–water partition coefficient (Wildman–Crippen LogP) is 1.21. The highest BCUT2D eigenvalue weighted by molar-refractivity contribution is 5.63. The van der Waals surface area contributed by atoms with Crippen molar-refractivity contribution in [3.63, 3.8) is 0 Å². The standard InChI is InChI=1S/C13H15N3O/c1-9-4-3-5-10(6-9)13-11(8-14)7-12(17)16(2)15-13/h3-7H,8,14H2,1-2H3. The molecule has 4 nitrogen and oxygen atoms in total. The summed E-state index contributed by atoms with van der Waals surface area (Å²) in [4.78, 5) is 11.5. The number of aryl methyl sites for hydroxylation is 2. The zero-order valence-corrected chi connectivity index (χ0v) is 9.97. The summed E-state index contributed by atoms with van der Waals surface area (Å²) in [6.45, 7) is 2.33. The fourth-order valence-corrected chi connectivity index (χ4v) is 1.77. The maximum atomic E-state index is 11.5. The van der Waals surface area contributed by atoms with Crippen LogP contribution < -0.4 is 11.3 Å². The Morgan fingerprint density at radius 2 is 2.12 bits per heavy atom. The Labute approximate surface area is 99.7 Å². The lowest BCUT2D eigenvalue weighted by atomic mass is 10.0. The van der Waals surface area contributed by atoms with Crippen LogP contribution in [0.4, 0.5) is 0 Å². The molecule has 2 rings (SSSR count). The fourth-order valence-electron chi connectivity index (χ4n) is 1.77. The van der Waals surface area contributed by atoms with Crippen molar-refractivity contribution in [2.45, 2.75) is 13.5 Å². The SMILES string of the molecule is Cc1cccc(-c2nn(C)c(=O)cc2CN)c1. The Morgan fingerprint density at radius 3 is 2.76 bits per heavy atom. The Hall–Kier alpha value is -1.94. The molecule has 2 N–H and O–H groups in total. The largest absolute Gasteiger partial charge is 0.326 e. The second-order valence-electron chi connectivity index (χ2n) is 4.05. The third-order valence-electron chi connectivity index (χ3n) is 2.68. The minimum absolute atomic E-state index is 0.137. The molecule has 0 aliphatic carbocycles. The maximum absolute atomic E-state index is 11.5. The summed E-state index contributed by atoms with van der Waals surface area (Å²) < 4.78 is 1.33. The predicted molar refractivity (Wildman–Crippen MR) is 67.5 cm³/mol. The molecule has 0 radical (unpaired) electrons. The van der Waals surface area contributed by atoms with E-state index < -0.39 is 0 Å². The summed E-state index contributed by atoms with van der Waals surface area (Å²) in [5, 5.41) is 4.28. The van der Waals surface area contributed by atoms with E-state index in [9.17, 15) is 4.79 Å². The normalized spacial score (nSPS) is 10.5. The van der Waals surface area contributed by atoms with Gasteiger partial charge in [0.2, 0.25) is 0 Å². The van der Waals surface area contributed by atoms with Gasteiger partial charge in [0.1, 0.15) is 0 Å². The molecular weight excluding hydrogens is 214 g/mol. The molecule has 0 fully saturated rings. The summed E-state index contributed by atoms with van der Waals surface area (Å²) in [6.07, 6.45) is 0. The number of nitrogens with zero attached hydrogens (tertiary/aromatic N) is 2. The number of benzene rings is 1. The molecule has 88 valence electrons. The first kappa shape index (κ1) is 11.5. The van der Waals surface area contributed by atoms with E-state index in [1.165, 1.54) is 4.68 Å². The summed E-state index contributed by atoms with van der Waals surface area (Å²) in [6, 6.07) is 9.54. The van der Waals surface area contributed by atoms with Crippen LogP contribution in [-0.2, 0) is 13.6 Å². The van der Waals surface area contributed by atoms with Crippen LogP contribution in [0, 0.1) is 6.92 Å². The van der Waals surface area contributed by atoms with Crippen LogP contribution >= 0.6 is 0 Å². The number of rotatable bonds is 2. The molecule has 0 aliphatic rings. The van der Waals surface area contributed by atoms with Crippen LogP contribution in [0.1, 0.15) is 11.1 Å². The molecule has 0 unspecified atom stereocenters. The highest BCUT2D eigenvalue weighted by Gasteiger charge is 2.08. The molecule has 0 saturated carbocycles. The van der Waals surface area contributed by atoms with Crippen molar-refractivity contribution in [1.82, 2.24) is 9.78 Å². The topological polar surface area (TPSA) is 60.9 Å². The van der Waals surface area contributed by atoms with Crippen LogP contribution in [0.15, 0.2) is 35.1 Å². The van der Waals surface area contributed by atoms with Crippen molar-refractivity contribution in [2.24, 2.45) is 12.8 Å². The van der Waals surface area contributed by atoms with E-state index in [0.717, 1.165) is 22.4 Å². The molecule has 4 heteroatoms. The zero-order valence-electron chi connectivity index (χ0n) is 9.97. The van der Waals surface area contributed by atoms with E-state index in [2.05, 4.69) is 5.10 Å². The molecule has 1 aromatic carbocycles. The van der Waals surface area contributed by atoms with Crippen molar-refractivity contribution in [3.05, 3.63) is 51.8 Å². The lowest BCUT2D eigenvalue weighted by Crippen LogP contribution is -2.21. The zero-order chi connectivity index (χ0) is 12.4. The summed E-state index contributed by atoms with van der Waals surface area (Å²) in [5.41, 5.74) is 9.21. The highest BCUT2D eigenvalue weighted by Crippen LogP contribution is 2.20. The number of aromatic nitrogens is 2. The quantitative estimate of drug-likeness (QED) is 0.842. The number of hydrogen-bond donors (Lipinski definition) is 1. The van der Waals surface area contributed by atoms with Crippen molar-refractivity contribution in [3.8, 4) is 11.3 Å². The van der Waals surface area contributed by atoms with E-state index in [1.54, 1.807) is 13.1 Å². The van der Waals surface area contributed by atoms with Gasteiger partial charge in [-0.3, -0.25) is 4.79 Å². The van der Waals surface area contributed by atoms with Crippen LogP contribution in [-0.4, -0.2) is 9.78 Å². The van der Waals surface area contributed by atoms with Gasteiger partial charge in [0.05, 0.1) is 5.69 Å². The molecule has 0 bridgehead atoms. The Morgan fingerprint density at radius 1 is 1.35 bits per heavy atom. The van der Waals surface area contributed by atoms with E-state index >= 15 is 0 Å². The van der Waals surface area contributed by atoms with Gasteiger partial charge >= 0.3 is 0 Å². The average molecular weight is 229 g/mol. The molecule has 0 aliphatic heterocycles. The third kappa shape index (κ3) is 2.26. The van der Waals surface area contributed by atoms with Gasteiger partial charge in [-0.15, -0.1) is 0 Å². The van der Waals surface area contributed by atoms with Gasteiger partial charge in [-0.1, -0.05) is 23.8 Å². The van der Waals surface area contributed by atoms with Gasteiger partial charge in [-0.25, -0.2) is 4.68 Å². The van der Waals surface area contributed by atoms with Crippen molar-refractivity contribution in [1.29, 1.82) is 0 Å². The van der Waals surface area contributed by atoms with Crippen LogP contribution in [0.2, 0.25) is 0 Å². The summed E-state index contributed by atoms with van der Waals surface area (Å²) in [5.74, 6) is 0. The Balaban J connectivity index is 2.66. The van der Waals surface area contributed by atoms with Crippen molar-refractivity contribution >= 4 is 0 Å². The lowest BCUT2D eigenvalue weighted by molar-refractivity contribution is 0.704. The average Bonchev–Trinajstić information content (AvgIpc) is 2.32. The first-order chi connectivity index (χ1) is 8.11. The van der Waals surface area contributed by atoms with E-state index in [4.69, 9.17) is 5.73 Å². The molecule has 0 atom stereocenters. The van der Waals surface area contributed by atoms with Gasteiger partial charge in [-0.05, 0) is 18.6 Å². The summed E-state index contributed by atoms with van der Waals surface area (Å²) >= 11 is 0. The smallest absolute Gasteiger partial charge is 0.266 e. The molecule has 0 amide bonds. The molecule has 0 saturated heterocycles. The Kier molecular flexibility index (Phi) is 3.06.